The number of anilines is 1. The summed E-state index contributed by atoms with van der Waals surface area (Å²) in [5, 5.41) is 0. The predicted octanol–water partition coefficient (Wildman–Crippen LogP) is 2.96. The minimum atomic E-state index is 0.558. The van der Waals surface area contributed by atoms with E-state index < -0.39 is 0 Å². The maximum absolute atomic E-state index is 5.99. The van der Waals surface area contributed by atoms with Crippen LogP contribution >= 0.6 is 0 Å². The van der Waals surface area contributed by atoms with Crippen molar-refractivity contribution in [3.05, 3.63) is 41.6 Å². The van der Waals surface area contributed by atoms with Crippen LogP contribution in [0.4, 0.5) is 5.82 Å². The average molecular weight is 240 g/mol. The number of nitrogens with zero attached hydrogens (tertiary/aromatic N) is 1. The molecule has 3 nitrogen and oxygen atoms in total. The number of aryl methyl sites for hydroxylation is 2. The highest BCUT2D eigenvalue weighted by molar-refractivity contribution is 5.80. The van der Waals surface area contributed by atoms with Gasteiger partial charge in [-0.05, 0) is 37.0 Å². The topological polar surface area (TPSA) is 48.1 Å². The van der Waals surface area contributed by atoms with Crippen LogP contribution in [0.1, 0.15) is 17.5 Å². The van der Waals surface area contributed by atoms with Crippen molar-refractivity contribution in [2.45, 2.75) is 19.8 Å². The van der Waals surface area contributed by atoms with Crippen LogP contribution < -0.4 is 10.5 Å². The standard InChI is InChI=1S/C15H16N2O/c1-10-8-13(15(16)17-9-10)12-6-2-4-11-5-3-7-18-14(11)12/h2,4,6,8-9H,3,5,7H2,1H3,(H2,16,17). The molecular formula is C15H16N2O. The summed E-state index contributed by atoms with van der Waals surface area (Å²) in [7, 11) is 0. The Morgan fingerprint density at radius 1 is 1.28 bits per heavy atom. The normalized spacial score (nSPS) is 13.8. The number of hydrogen-bond donors (Lipinski definition) is 1. The fourth-order valence-electron chi connectivity index (χ4n) is 2.40. The van der Waals surface area contributed by atoms with Crippen molar-refractivity contribution in [3.8, 4) is 16.9 Å². The first-order chi connectivity index (χ1) is 8.75. The van der Waals surface area contributed by atoms with E-state index in [2.05, 4.69) is 29.2 Å². The van der Waals surface area contributed by atoms with Gasteiger partial charge in [0, 0.05) is 17.3 Å². The van der Waals surface area contributed by atoms with Crippen molar-refractivity contribution in [1.82, 2.24) is 4.98 Å². The first-order valence-corrected chi connectivity index (χ1v) is 6.23. The molecule has 0 amide bonds. The zero-order chi connectivity index (χ0) is 12.5. The molecule has 3 heteroatoms. The van der Waals surface area contributed by atoms with Gasteiger partial charge >= 0.3 is 0 Å². The lowest BCUT2D eigenvalue weighted by atomic mass is 9.97. The first kappa shape index (κ1) is 11.1. The van der Waals surface area contributed by atoms with E-state index in [4.69, 9.17) is 10.5 Å². The van der Waals surface area contributed by atoms with Gasteiger partial charge in [0.2, 0.25) is 0 Å². The number of hydrogen-bond acceptors (Lipinski definition) is 3. The average Bonchev–Trinajstić information content (AvgIpc) is 2.41. The van der Waals surface area contributed by atoms with Gasteiger partial charge < -0.3 is 10.5 Å². The monoisotopic (exact) mass is 240 g/mol. The van der Waals surface area contributed by atoms with E-state index in [1.54, 1.807) is 6.20 Å². The Morgan fingerprint density at radius 2 is 2.17 bits per heavy atom. The molecule has 1 aromatic carbocycles. The predicted molar refractivity (Wildman–Crippen MR) is 72.6 cm³/mol. The van der Waals surface area contributed by atoms with Crippen molar-refractivity contribution >= 4 is 5.82 Å². The second-order valence-electron chi connectivity index (χ2n) is 4.69. The maximum atomic E-state index is 5.99. The Hall–Kier alpha value is -2.03. The zero-order valence-corrected chi connectivity index (χ0v) is 10.4. The van der Waals surface area contributed by atoms with Crippen LogP contribution in [0.15, 0.2) is 30.5 Å². The number of nitrogens with two attached hydrogens (primary N) is 1. The van der Waals surface area contributed by atoms with Gasteiger partial charge in [0.25, 0.3) is 0 Å². The van der Waals surface area contributed by atoms with E-state index >= 15 is 0 Å². The quantitative estimate of drug-likeness (QED) is 0.833. The Balaban J connectivity index is 2.19. The third-order valence-electron chi connectivity index (χ3n) is 3.28. The molecule has 0 atom stereocenters. The highest BCUT2D eigenvalue weighted by Crippen LogP contribution is 2.38. The zero-order valence-electron chi connectivity index (χ0n) is 10.4. The number of pyridine rings is 1. The number of nitrogen functional groups attached to an aromatic ring is 1. The second-order valence-corrected chi connectivity index (χ2v) is 4.69. The molecule has 0 spiro atoms. The number of para-hydroxylation sites is 1. The van der Waals surface area contributed by atoms with E-state index in [9.17, 15) is 0 Å². The summed E-state index contributed by atoms with van der Waals surface area (Å²) in [5.74, 6) is 1.53. The Kier molecular flexibility index (Phi) is 2.67. The molecule has 0 saturated heterocycles. The van der Waals surface area contributed by atoms with Crippen LogP contribution in [0.2, 0.25) is 0 Å². The molecule has 2 heterocycles. The second kappa shape index (κ2) is 4.33. The lowest BCUT2D eigenvalue weighted by molar-refractivity contribution is 0.289. The van der Waals surface area contributed by atoms with E-state index in [0.717, 1.165) is 41.9 Å². The maximum Gasteiger partial charge on any atom is 0.131 e. The van der Waals surface area contributed by atoms with Crippen LogP contribution in [0.25, 0.3) is 11.1 Å². The van der Waals surface area contributed by atoms with Crippen LogP contribution in [-0.2, 0) is 6.42 Å². The van der Waals surface area contributed by atoms with Gasteiger partial charge in [0.15, 0.2) is 0 Å². The fourth-order valence-corrected chi connectivity index (χ4v) is 2.40. The highest BCUT2D eigenvalue weighted by atomic mass is 16.5. The summed E-state index contributed by atoms with van der Waals surface area (Å²) >= 11 is 0. The number of fused-ring (bicyclic) bond motifs is 1. The van der Waals surface area contributed by atoms with Crippen molar-refractivity contribution < 1.29 is 4.74 Å². The molecule has 0 radical (unpaired) electrons. The molecule has 1 aromatic heterocycles. The van der Waals surface area contributed by atoms with Gasteiger partial charge in [-0.3, -0.25) is 0 Å². The van der Waals surface area contributed by atoms with Crippen LogP contribution in [0, 0.1) is 6.92 Å². The lowest BCUT2D eigenvalue weighted by Gasteiger charge is -2.21. The minimum absolute atomic E-state index is 0.558. The molecule has 1 aliphatic heterocycles. The van der Waals surface area contributed by atoms with Gasteiger partial charge in [-0.2, -0.15) is 0 Å². The van der Waals surface area contributed by atoms with E-state index in [-0.39, 0.29) is 0 Å². The molecular weight excluding hydrogens is 224 g/mol. The van der Waals surface area contributed by atoms with Crippen LogP contribution in [-0.4, -0.2) is 11.6 Å². The van der Waals surface area contributed by atoms with Gasteiger partial charge in [-0.1, -0.05) is 18.2 Å². The summed E-state index contributed by atoms with van der Waals surface area (Å²) in [6.45, 7) is 2.80. The van der Waals surface area contributed by atoms with E-state index in [0.29, 0.717) is 5.82 Å². The highest BCUT2D eigenvalue weighted by Gasteiger charge is 2.17. The van der Waals surface area contributed by atoms with Crippen molar-refractivity contribution in [3.63, 3.8) is 0 Å². The Morgan fingerprint density at radius 3 is 3.06 bits per heavy atom. The Bertz CT molecular complexity index is 593. The van der Waals surface area contributed by atoms with E-state index in [1.807, 2.05) is 6.92 Å². The molecule has 3 rings (SSSR count). The lowest BCUT2D eigenvalue weighted by Crippen LogP contribution is -2.09. The van der Waals surface area contributed by atoms with Crippen molar-refractivity contribution in [2.24, 2.45) is 0 Å². The van der Waals surface area contributed by atoms with Gasteiger partial charge in [-0.15, -0.1) is 0 Å². The Labute approximate surface area is 107 Å². The number of benzene rings is 1. The molecule has 0 saturated carbocycles. The molecule has 0 aliphatic carbocycles. The smallest absolute Gasteiger partial charge is 0.131 e. The molecule has 0 fully saturated rings. The van der Waals surface area contributed by atoms with Gasteiger partial charge in [0.1, 0.15) is 11.6 Å². The third kappa shape index (κ3) is 1.82. The molecule has 0 bridgehead atoms. The summed E-state index contributed by atoms with van der Waals surface area (Å²) in [6, 6.07) is 8.30. The number of rotatable bonds is 1. The van der Waals surface area contributed by atoms with Gasteiger partial charge in [-0.25, -0.2) is 4.98 Å². The van der Waals surface area contributed by atoms with Gasteiger partial charge in [0.05, 0.1) is 6.61 Å². The minimum Gasteiger partial charge on any atom is -0.493 e. The molecule has 0 unspecified atom stereocenters. The fraction of sp³-hybridized carbons (Fsp3) is 0.267. The third-order valence-corrected chi connectivity index (χ3v) is 3.28. The van der Waals surface area contributed by atoms with E-state index in [1.165, 1.54) is 5.56 Å². The van der Waals surface area contributed by atoms with Crippen molar-refractivity contribution in [1.29, 1.82) is 0 Å². The first-order valence-electron chi connectivity index (χ1n) is 6.23. The molecule has 2 aromatic rings. The van der Waals surface area contributed by atoms with Crippen LogP contribution in [0.5, 0.6) is 5.75 Å². The number of ether oxygens (including phenoxy) is 1. The SMILES string of the molecule is Cc1cnc(N)c(-c2cccc3c2OCCC3)c1. The summed E-state index contributed by atoms with van der Waals surface area (Å²) < 4.78 is 5.82. The molecule has 92 valence electrons. The van der Waals surface area contributed by atoms with Crippen LogP contribution in [0.3, 0.4) is 0 Å². The molecule has 18 heavy (non-hydrogen) atoms. The largest absolute Gasteiger partial charge is 0.493 e. The van der Waals surface area contributed by atoms with Crippen molar-refractivity contribution in [2.75, 3.05) is 12.3 Å². The summed E-state index contributed by atoms with van der Waals surface area (Å²) in [5.41, 5.74) is 10.4. The molecule has 1 aliphatic rings. The summed E-state index contributed by atoms with van der Waals surface area (Å²) in [4.78, 5) is 4.23. The summed E-state index contributed by atoms with van der Waals surface area (Å²) in [6.07, 6.45) is 3.94. The molecule has 2 N–H and O–H groups in total. The number of aromatic nitrogens is 1.